The number of nitrogens with two attached hydrogens (primary N) is 1. The number of carbonyl (C=O) groups excluding carboxylic acids is 1. The Kier molecular flexibility index (Phi) is 9.87. The fourth-order valence-electron chi connectivity index (χ4n) is 1.90. The van der Waals surface area contributed by atoms with Gasteiger partial charge in [-0.15, -0.1) is 0 Å². The molecule has 0 aliphatic carbocycles. The highest BCUT2D eigenvalue weighted by atomic mass is 32.1. The van der Waals surface area contributed by atoms with E-state index in [1.54, 1.807) is 0 Å². The van der Waals surface area contributed by atoms with Gasteiger partial charge in [-0.05, 0) is 25.9 Å². The van der Waals surface area contributed by atoms with Gasteiger partial charge in [0.25, 0.3) is 0 Å². The van der Waals surface area contributed by atoms with Gasteiger partial charge in [-0.2, -0.15) is 0 Å². The molecule has 0 spiro atoms. The Balaban J connectivity index is 4.03. The molecule has 1 unspecified atom stereocenters. The second kappa shape index (κ2) is 10.3. The summed E-state index contributed by atoms with van der Waals surface area (Å²) in [4.78, 5) is 14.5. The van der Waals surface area contributed by atoms with Gasteiger partial charge in [-0.25, -0.2) is 0 Å². The standard InChI is InChI=1S/C13H27N3OS/c1-4-7-11(12(14)18)13(17)15-8-10-16(6-3)9-5-2/h11H,4-10H2,1-3H3,(H2,14,18)(H,15,17). The zero-order chi connectivity index (χ0) is 14.0. The normalized spacial score (nSPS) is 12.4. The Bertz CT molecular complexity index is 259. The molecule has 3 N–H and O–H groups in total. The van der Waals surface area contributed by atoms with Crippen LogP contribution >= 0.6 is 12.2 Å². The first kappa shape index (κ1) is 17.3. The van der Waals surface area contributed by atoms with E-state index in [4.69, 9.17) is 18.0 Å². The maximum atomic E-state index is 11.9. The van der Waals surface area contributed by atoms with Gasteiger partial charge in [0.2, 0.25) is 5.91 Å². The van der Waals surface area contributed by atoms with E-state index >= 15 is 0 Å². The number of hydrogen-bond donors (Lipinski definition) is 2. The molecule has 0 aromatic rings. The van der Waals surface area contributed by atoms with Crippen LogP contribution in [-0.4, -0.2) is 42.0 Å². The van der Waals surface area contributed by atoms with Gasteiger partial charge in [0.15, 0.2) is 0 Å². The summed E-state index contributed by atoms with van der Waals surface area (Å²) in [6, 6.07) is 0. The minimum Gasteiger partial charge on any atom is -0.393 e. The monoisotopic (exact) mass is 273 g/mol. The second-order valence-electron chi connectivity index (χ2n) is 4.47. The molecule has 0 aliphatic rings. The van der Waals surface area contributed by atoms with Crippen LogP contribution in [0.5, 0.6) is 0 Å². The van der Waals surface area contributed by atoms with E-state index in [0.29, 0.717) is 11.5 Å². The fourth-order valence-corrected chi connectivity index (χ4v) is 2.12. The molecule has 0 saturated carbocycles. The number of amides is 1. The van der Waals surface area contributed by atoms with Crippen LogP contribution in [-0.2, 0) is 4.79 Å². The highest BCUT2D eigenvalue weighted by Gasteiger charge is 2.19. The number of nitrogens with one attached hydrogen (secondary N) is 1. The molecule has 0 aromatic carbocycles. The lowest BCUT2D eigenvalue weighted by molar-refractivity contribution is -0.123. The van der Waals surface area contributed by atoms with Gasteiger partial charge in [0, 0.05) is 13.1 Å². The van der Waals surface area contributed by atoms with E-state index in [1.165, 1.54) is 0 Å². The van der Waals surface area contributed by atoms with Crippen LogP contribution < -0.4 is 11.1 Å². The lowest BCUT2D eigenvalue weighted by atomic mass is 10.0. The Morgan fingerprint density at radius 3 is 2.39 bits per heavy atom. The zero-order valence-corrected chi connectivity index (χ0v) is 12.7. The van der Waals surface area contributed by atoms with E-state index in [2.05, 4.69) is 24.1 Å². The van der Waals surface area contributed by atoms with Crippen molar-refractivity contribution in [1.29, 1.82) is 0 Å². The molecule has 0 saturated heterocycles. The fraction of sp³-hybridized carbons (Fsp3) is 0.846. The van der Waals surface area contributed by atoms with Crippen LogP contribution in [0.25, 0.3) is 0 Å². The van der Waals surface area contributed by atoms with Crippen molar-refractivity contribution >= 4 is 23.1 Å². The molecule has 0 aliphatic heterocycles. The maximum Gasteiger partial charge on any atom is 0.229 e. The molecular weight excluding hydrogens is 246 g/mol. The Morgan fingerprint density at radius 2 is 1.94 bits per heavy atom. The minimum atomic E-state index is -0.314. The number of carbonyl (C=O) groups is 1. The molecule has 0 radical (unpaired) electrons. The summed E-state index contributed by atoms with van der Waals surface area (Å²) in [5, 5.41) is 2.92. The summed E-state index contributed by atoms with van der Waals surface area (Å²) < 4.78 is 0. The molecule has 18 heavy (non-hydrogen) atoms. The average Bonchev–Trinajstić information content (AvgIpc) is 2.34. The van der Waals surface area contributed by atoms with Gasteiger partial charge >= 0.3 is 0 Å². The highest BCUT2D eigenvalue weighted by Crippen LogP contribution is 2.06. The summed E-state index contributed by atoms with van der Waals surface area (Å²) >= 11 is 4.93. The molecule has 0 bridgehead atoms. The molecular formula is C13H27N3OS. The maximum absolute atomic E-state index is 11.9. The van der Waals surface area contributed by atoms with Crippen molar-refractivity contribution in [2.75, 3.05) is 26.2 Å². The van der Waals surface area contributed by atoms with Crippen molar-refractivity contribution in [2.24, 2.45) is 11.7 Å². The van der Waals surface area contributed by atoms with Crippen molar-refractivity contribution in [3.63, 3.8) is 0 Å². The van der Waals surface area contributed by atoms with Gasteiger partial charge in [0.1, 0.15) is 0 Å². The molecule has 0 aromatic heterocycles. The predicted molar refractivity (Wildman–Crippen MR) is 80.6 cm³/mol. The minimum absolute atomic E-state index is 0.0306. The number of thiocarbonyl (C=S) groups is 1. The van der Waals surface area contributed by atoms with Crippen LogP contribution in [0, 0.1) is 5.92 Å². The third-order valence-electron chi connectivity index (χ3n) is 2.95. The molecule has 4 nitrogen and oxygen atoms in total. The van der Waals surface area contributed by atoms with E-state index in [9.17, 15) is 4.79 Å². The quantitative estimate of drug-likeness (QED) is 0.593. The van der Waals surface area contributed by atoms with Gasteiger partial charge in [-0.3, -0.25) is 4.79 Å². The lowest BCUT2D eigenvalue weighted by Crippen LogP contribution is -2.41. The van der Waals surface area contributed by atoms with Crippen LogP contribution in [0.15, 0.2) is 0 Å². The molecule has 106 valence electrons. The summed E-state index contributed by atoms with van der Waals surface area (Å²) in [5.41, 5.74) is 5.59. The smallest absolute Gasteiger partial charge is 0.229 e. The van der Waals surface area contributed by atoms with Crippen molar-refractivity contribution in [3.8, 4) is 0 Å². The van der Waals surface area contributed by atoms with E-state index < -0.39 is 0 Å². The number of rotatable bonds is 10. The van der Waals surface area contributed by atoms with E-state index in [1.807, 2.05) is 6.92 Å². The van der Waals surface area contributed by atoms with Crippen molar-refractivity contribution in [1.82, 2.24) is 10.2 Å². The van der Waals surface area contributed by atoms with Gasteiger partial charge in [-0.1, -0.05) is 39.4 Å². The summed E-state index contributed by atoms with van der Waals surface area (Å²) in [5.74, 6) is -0.344. The SMILES string of the molecule is CCCC(C(=O)NCCN(CC)CCC)C(N)=S. The predicted octanol–water partition coefficient (Wildman–Crippen LogP) is 1.54. The van der Waals surface area contributed by atoms with Crippen molar-refractivity contribution < 1.29 is 4.79 Å². The Morgan fingerprint density at radius 1 is 1.28 bits per heavy atom. The average molecular weight is 273 g/mol. The van der Waals surface area contributed by atoms with Crippen LogP contribution in [0.3, 0.4) is 0 Å². The number of nitrogens with zero attached hydrogens (tertiary/aromatic N) is 1. The van der Waals surface area contributed by atoms with Gasteiger partial charge < -0.3 is 16.0 Å². The Labute approximate surface area is 116 Å². The van der Waals surface area contributed by atoms with Crippen molar-refractivity contribution in [3.05, 3.63) is 0 Å². The summed E-state index contributed by atoms with van der Waals surface area (Å²) in [7, 11) is 0. The lowest BCUT2D eigenvalue weighted by Gasteiger charge is -2.20. The molecule has 0 heterocycles. The van der Waals surface area contributed by atoms with Crippen LogP contribution in [0.1, 0.15) is 40.0 Å². The first-order valence-corrected chi connectivity index (χ1v) is 7.26. The third-order valence-corrected chi connectivity index (χ3v) is 3.24. The summed E-state index contributed by atoms with van der Waals surface area (Å²) in [6.45, 7) is 9.94. The first-order chi connectivity index (χ1) is 8.56. The molecule has 0 fully saturated rings. The Hall–Kier alpha value is -0.680. The largest absolute Gasteiger partial charge is 0.393 e. The van der Waals surface area contributed by atoms with E-state index in [0.717, 1.165) is 38.9 Å². The highest BCUT2D eigenvalue weighted by molar-refractivity contribution is 7.80. The van der Waals surface area contributed by atoms with Gasteiger partial charge in [0.05, 0.1) is 10.9 Å². The van der Waals surface area contributed by atoms with E-state index in [-0.39, 0.29) is 11.8 Å². The molecule has 5 heteroatoms. The van der Waals surface area contributed by atoms with Crippen LogP contribution in [0.2, 0.25) is 0 Å². The van der Waals surface area contributed by atoms with Crippen LogP contribution in [0.4, 0.5) is 0 Å². The zero-order valence-electron chi connectivity index (χ0n) is 11.9. The number of hydrogen-bond acceptors (Lipinski definition) is 3. The number of likely N-dealkylation sites (N-methyl/N-ethyl adjacent to an activating group) is 1. The van der Waals surface area contributed by atoms with Crippen molar-refractivity contribution in [2.45, 2.75) is 40.0 Å². The summed E-state index contributed by atoms with van der Waals surface area (Å²) in [6.07, 6.45) is 2.77. The molecule has 0 rings (SSSR count). The second-order valence-corrected chi connectivity index (χ2v) is 4.94. The molecule has 1 amide bonds. The topological polar surface area (TPSA) is 58.4 Å². The third kappa shape index (κ3) is 6.91. The molecule has 1 atom stereocenters. The first-order valence-electron chi connectivity index (χ1n) is 6.86.